The number of hydrogen-bond acceptors (Lipinski definition) is 2. The fourth-order valence-electron chi connectivity index (χ4n) is 1.88. The Morgan fingerprint density at radius 2 is 1.84 bits per heavy atom. The van der Waals surface area contributed by atoms with Gasteiger partial charge >= 0.3 is 0 Å². The number of likely N-dealkylation sites (N-methyl/N-ethyl adjacent to an activating group) is 1. The largest absolute Gasteiger partial charge is 0.308 e. The summed E-state index contributed by atoms with van der Waals surface area (Å²) in [6.07, 6.45) is 0. The van der Waals surface area contributed by atoms with Crippen molar-refractivity contribution in [3.63, 3.8) is 0 Å². The van der Waals surface area contributed by atoms with Crippen molar-refractivity contribution in [1.82, 2.24) is 10.2 Å². The Labute approximate surface area is 118 Å². The lowest BCUT2D eigenvalue weighted by Crippen LogP contribution is -2.38. The minimum atomic E-state index is 0.152. The van der Waals surface area contributed by atoms with Crippen molar-refractivity contribution in [2.45, 2.75) is 39.8 Å². The summed E-state index contributed by atoms with van der Waals surface area (Å²) in [5.74, 6) is 0. The standard InChI is InChI=1S/C17H28N2/c1-6-19(14-16-10-8-7-9-11-16)13-15(2)12-18-17(3,4)5/h7-11,18H,2,6,12-14H2,1,3-5H3. The van der Waals surface area contributed by atoms with Crippen molar-refractivity contribution in [3.05, 3.63) is 48.0 Å². The van der Waals surface area contributed by atoms with Gasteiger partial charge in [-0.2, -0.15) is 0 Å². The first-order chi connectivity index (χ1) is 8.90. The maximum Gasteiger partial charge on any atom is 0.0237 e. The highest BCUT2D eigenvalue weighted by atomic mass is 15.1. The lowest BCUT2D eigenvalue weighted by molar-refractivity contribution is 0.299. The molecule has 0 aliphatic carbocycles. The Kier molecular flexibility index (Phi) is 6.26. The molecule has 0 bridgehead atoms. The smallest absolute Gasteiger partial charge is 0.0237 e. The summed E-state index contributed by atoms with van der Waals surface area (Å²) in [5, 5.41) is 3.49. The van der Waals surface area contributed by atoms with E-state index in [0.29, 0.717) is 0 Å². The second kappa shape index (κ2) is 7.46. The quantitative estimate of drug-likeness (QED) is 0.755. The Morgan fingerprint density at radius 3 is 2.37 bits per heavy atom. The summed E-state index contributed by atoms with van der Waals surface area (Å²) < 4.78 is 0. The zero-order valence-corrected chi connectivity index (χ0v) is 12.9. The second-order valence-corrected chi connectivity index (χ2v) is 6.14. The van der Waals surface area contributed by atoms with Gasteiger partial charge < -0.3 is 5.32 Å². The van der Waals surface area contributed by atoms with Crippen molar-refractivity contribution in [1.29, 1.82) is 0 Å². The topological polar surface area (TPSA) is 15.3 Å². The number of nitrogens with zero attached hydrogens (tertiary/aromatic N) is 1. The maximum atomic E-state index is 4.18. The van der Waals surface area contributed by atoms with Crippen LogP contribution >= 0.6 is 0 Å². The molecule has 0 fully saturated rings. The van der Waals surface area contributed by atoms with E-state index < -0.39 is 0 Å². The zero-order valence-electron chi connectivity index (χ0n) is 12.9. The first kappa shape index (κ1) is 15.9. The fourth-order valence-corrected chi connectivity index (χ4v) is 1.88. The minimum Gasteiger partial charge on any atom is -0.308 e. The third kappa shape index (κ3) is 7.14. The molecule has 0 spiro atoms. The highest BCUT2D eigenvalue weighted by Crippen LogP contribution is 2.07. The lowest BCUT2D eigenvalue weighted by atomic mass is 10.1. The predicted molar refractivity (Wildman–Crippen MR) is 84.3 cm³/mol. The molecule has 0 aromatic heterocycles. The Balaban J connectivity index is 2.42. The minimum absolute atomic E-state index is 0.152. The molecule has 0 saturated carbocycles. The van der Waals surface area contributed by atoms with E-state index in [1.54, 1.807) is 0 Å². The molecule has 0 aliphatic heterocycles. The Morgan fingerprint density at radius 1 is 1.21 bits per heavy atom. The number of rotatable bonds is 7. The van der Waals surface area contributed by atoms with Gasteiger partial charge in [-0.25, -0.2) is 0 Å². The third-order valence-electron chi connectivity index (χ3n) is 3.01. The molecule has 0 amide bonds. The van der Waals surface area contributed by atoms with Crippen molar-refractivity contribution in [2.75, 3.05) is 19.6 Å². The van der Waals surface area contributed by atoms with Crippen LogP contribution in [0.15, 0.2) is 42.5 Å². The Bertz CT molecular complexity index is 376. The third-order valence-corrected chi connectivity index (χ3v) is 3.01. The molecule has 19 heavy (non-hydrogen) atoms. The molecule has 0 aliphatic rings. The van der Waals surface area contributed by atoms with Crippen LogP contribution in [0, 0.1) is 0 Å². The molecule has 0 atom stereocenters. The number of hydrogen-bond donors (Lipinski definition) is 1. The molecular weight excluding hydrogens is 232 g/mol. The van der Waals surface area contributed by atoms with Gasteiger partial charge in [-0.1, -0.05) is 43.8 Å². The van der Waals surface area contributed by atoms with E-state index in [0.717, 1.165) is 26.2 Å². The average Bonchev–Trinajstić information content (AvgIpc) is 2.36. The Hall–Kier alpha value is -1.12. The van der Waals surface area contributed by atoms with Crippen LogP contribution in [0.4, 0.5) is 0 Å². The summed E-state index contributed by atoms with van der Waals surface area (Å²) >= 11 is 0. The van der Waals surface area contributed by atoms with Crippen LogP contribution in [0.25, 0.3) is 0 Å². The molecule has 1 aromatic carbocycles. The van der Waals surface area contributed by atoms with Gasteiger partial charge in [0.05, 0.1) is 0 Å². The van der Waals surface area contributed by atoms with Gasteiger partial charge in [0.1, 0.15) is 0 Å². The van der Waals surface area contributed by atoms with Crippen LogP contribution in [0.2, 0.25) is 0 Å². The van der Waals surface area contributed by atoms with E-state index in [2.05, 4.69) is 74.8 Å². The van der Waals surface area contributed by atoms with E-state index >= 15 is 0 Å². The highest BCUT2D eigenvalue weighted by Gasteiger charge is 2.10. The monoisotopic (exact) mass is 260 g/mol. The van der Waals surface area contributed by atoms with Gasteiger partial charge in [0, 0.05) is 25.2 Å². The van der Waals surface area contributed by atoms with Gasteiger partial charge in [0.25, 0.3) is 0 Å². The zero-order chi connectivity index (χ0) is 14.3. The molecule has 0 saturated heterocycles. The molecule has 0 radical (unpaired) electrons. The molecule has 2 heteroatoms. The van der Waals surface area contributed by atoms with Gasteiger partial charge in [-0.15, -0.1) is 0 Å². The van der Waals surface area contributed by atoms with Crippen LogP contribution in [-0.2, 0) is 6.54 Å². The molecule has 0 heterocycles. The summed E-state index contributed by atoms with van der Waals surface area (Å²) in [6, 6.07) is 10.6. The predicted octanol–water partition coefficient (Wildman–Crippen LogP) is 3.45. The molecule has 1 aromatic rings. The summed E-state index contributed by atoms with van der Waals surface area (Å²) in [5.41, 5.74) is 2.76. The lowest BCUT2D eigenvalue weighted by Gasteiger charge is -2.25. The average molecular weight is 260 g/mol. The molecule has 0 unspecified atom stereocenters. The summed E-state index contributed by atoms with van der Waals surface area (Å²) in [6.45, 7) is 16.8. The first-order valence-electron chi connectivity index (χ1n) is 7.08. The van der Waals surface area contributed by atoms with E-state index in [1.807, 2.05) is 0 Å². The molecule has 1 rings (SSSR count). The highest BCUT2D eigenvalue weighted by molar-refractivity contribution is 5.15. The van der Waals surface area contributed by atoms with Crippen molar-refractivity contribution in [3.8, 4) is 0 Å². The molecule has 1 N–H and O–H groups in total. The maximum absolute atomic E-state index is 4.18. The van der Waals surface area contributed by atoms with Crippen LogP contribution in [0.1, 0.15) is 33.3 Å². The van der Waals surface area contributed by atoms with E-state index in [4.69, 9.17) is 0 Å². The number of benzene rings is 1. The van der Waals surface area contributed by atoms with Crippen LogP contribution in [-0.4, -0.2) is 30.1 Å². The van der Waals surface area contributed by atoms with E-state index in [9.17, 15) is 0 Å². The van der Waals surface area contributed by atoms with Crippen LogP contribution in [0.3, 0.4) is 0 Å². The molecule has 2 nitrogen and oxygen atoms in total. The fraction of sp³-hybridized carbons (Fsp3) is 0.529. The second-order valence-electron chi connectivity index (χ2n) is 6.14. The number of nitrogens with one attached hydrogen (secondary N) is 1. The van der Waals surface area contributed by atoms with Crippen molar-refractivity contribution < 1.29 is 0 Å². The van der Waals surface area contributed by atoms with Gasteiger partial charge in [0.2, 0.25) is 0 Å². The SMILES string of the molecule is C=C(CNC(C)(C)C)CN(CC)Cc1ccccc1. The summed E-state index contributed by atoms with van der Waals surface area (Å²) in [7, 11) is 0. The van der Waals surface area contributed by atoms with Gasteiger partial charge in [0.15, 0.2) is 0 Å². The normalized spacial score (nSPS) is 11.8. The molecular formula is C17H28N2. The van der Waals surface area contributed by atoms with Crippen LogP contribution < -0.4 is 5.32 Å². The van der Waals surface area contributed by atoms with E-state index in [1.165, 1.54) is 11.1 Å². The first-order valence-corrected chi connectivity index (χ1v) is 7.08. The van der Waals surface area contributed by atoms with Gasteiger partial charge in [-0.05, 0) is 38.5 Å². The summed E-state index contributed by atoms with van der Waals surface area (Å²) in [4.78, 5) is 2.42. The molecule has 106 valence electrons. The van der Waals surface area contributed by atoms with Gasteiger partial charge in [-0.3, -0.25) is 4.90 Å². The van der Waals surface area contributed by atoms with Crippen molar-refractivity contribution in [2.24, 2.45) is 0 Å². The van der Waals surface area contributed by atoms with Crippen LogP contribution in [0.5, 0.6) is 0 Å². The van der Waals surface area contributed by atoms with Crippen molar-refractivity contribution >= 4 is 0 Å². The van der Waals surface area contributed by atoms with E-state index in [-0.39, 0.29) is 5.54 Å².